The maximum absolute atomic E-state index is 12.8. The van der Waals surface area contributed by atoms with Gasteiger partial charge >= 0.3 is 0 Å². The number of amides is 1. The number of methoxy groups -OCH3 is 3. The van der Waals surface area contributed by atoms with Crippen molar-refractivity contribution in [3.63, 3.8) is 0 Å². The van der Waals surface area contributed by atoms with Crippen molar-refractivity contribution in [2.45, 2.75) is 12.3 Å². The molecule has 0 saturated carbocycles. The fourth-order valence-corrected chi connectivity index (χ4v) is 3.64. The van der Waals surface area contributed by atoms with Crippen LogP contribution in [0, 0.1) is 0 Å². The summed E-state index contributed by atoms with van der Waals surface area (Å²) in [6, 6.07) is 9.58. The zero-order chi connectivity index (χ0) is 18.1. The fourth-order valence-electron chi connectivity index (χ4n) is 3.26. The summed E-state index contributed by atoms with van der Waals surface area (Å²) >= 11 is 3.50. The van der Waals surface area contributed by atoms with E-state index in [9.17, 15) is 4.79 Å². The molecule has 1 heterocycles. The fraction of sp³-hybridized carbons (Fsp3) is 0.316. The van der Waals surface area contributed by atoms with E-state index in [1.165, 1.54) is 0 Å². The predicted octanol–water partition coefficient (Wildman–Crippen LogP) is 3.78. The van der Waals surface area contributed by atoms with Crippen molar-refractivity contribution >= 4 is 27.5 Å². The van der Waals surface area contributed by atoms with Gasteiger partial charge in [0.15, 0.2) is 11.5 Å². The van der Waals surface area contributed by atoms with E-state index < -0.39 is 0 Å². The third-order valence-electron chi connectivity index (χ3n) is 4.57. The molecule has 0 fully saturated rings. The van der Waals surface area contributed by atoms with E-state index in [0.29, 0.717) is 23.7 Å². The minimum atomic E-state index is -0.260. The molecule has 5 nitrogen and oxygen atoms in total. The largest absolute Gasteiger partial charge is 0.496 e. The lowest BCUT2D eigenvalue weighted by Gasteiger charge is -2.16. The second kappa shape index (κ2) is 6.96. The first-order valence-corrected chi connectivity index (χ1v) is 8.65. The number of halogens is 1. The summed E-state index contributed by atoms with van der Waals surface area (Å²) in [4.78, 5) is 14.5. The summed E-state index contributed by atoms with van der Waals surface area (Å²) in [5.41, 5.74) is 2.86. The van der Waals surface area contributed by atoms with Crippen LogP contribution in [0.15, 0.2) is 34.8 Å². The maximum Gasteiger partial charge on any atom is 0.234 e. The van der Waals surface area contributed by atoms with Crippen LogP contribution < -0.4 is 19.1 Å². The Kier molecular flexibility index (Phi) is 4.90. The van der Waals surface area contributed by atoms with Crippen LogP contribution in [-0.2, 0) is 11.2 Å². The molecular formula is C19H20BrNO4. The molecule has 0 aliphatic carbocycles. The van der Waals surface area contributed by atoms with E-state index in [1.54, 1.807) is 39.3 Å². The molecule has 3 rings (SSSR count). The molecule has 0 unspecified atom stereocenters. The van der Waals surface area contributed by atoms with Crippen molar-refractivity contribution in [3.8, 4) is 17.2 Å². The summed E-state index contributed by atoms with van der Waals surface area (Å²) in [7, 11) is 6.59. The van der Waals surface area contributed by atoms with Gasteiger partial charge in [-0.05, 0) is 41.8 Å². The van der Waals surface area contributed by atoms with E-state index in [-0.39, 0.29) is 11.8 Å². The average molecular weight is 406 g/mol. The number of ether oxygens (including phenoxy) is 3. The van der Waals surface area contributed by atoms with E-state index in [4.69, 9.17) is 14.2 Å². The zero-order valence-corrected chi connectivity index (χ0v) is 16.2. The molecule has 132 valence electrons. The van der Waals surface area contributed by atoms with Crippen LogP contribution in [0.2, 0.25) is 0 Å². The molecule has 0 spiro atoms. The predicted molar refractivity (Wildman–Crippen MR) is 100 cm³/mol. The molecule has 0 aromatic heterocycles. The quantitative estimate of drug-likeness (QED) is 0.759. The van der Waals surface area contributed by atoms with Crippen LogP contribution in [0.25, 0.3) is 0 Å². The number of nitrogens with zero attached hydrogens (tertiary/aromatic N) is 1. The van der Waals surface area contributed by atoms with Gasteiger partial charge in [0, 0.05) is 23.3 Å². The third kappa shape index (κ3) is 3.06. The summed E-state index contributed by atoms with van der Waals surface area (Å²) in [5, 5.41) is 0. The third-order valence-corrected chi connectivity index (χ3v) is 5.06. The Labute approximate surface area is 155 Å². The molecule has 1 atom stereocenters. The van der Waals surface area contributed by atoms with Crippen molar-refractivity contribution in [1.82, 2.24) is 0 Å². The Morgan fingerprint density at radius 3 is 2.28 bits per heavy atom. The normalized spacial score (nSPS) is 16.0. The first-order chi connectivity index (χ1) is 12.0. The van der Waals surface area contributed by atoms with Gasteiger partial charge in [0.2, 0.25) is 5.91 Å². The second-order valence-electron chi connectivity index (χ2n) is 5.88. The number of hydrogen-bond acceptors (Lipinski definition) is 4. The Bertz CT molecular complexity index is 821. The number of hydrogen-bond donors (Lipinski definition) is 0. The highest BCUT2D eigenvalue weighted by Gasteiger charge is 2.36. The highest BCUT2D eigenvalue weighted by molar-refractivity contribution is 9.10. The van der Waals surface area contributed by atoms with Gasteiger partial charge < -0.3 is 19.1 Å². The number of fused-ring (bicyclic) bond motifs is 1. The highest BCUT2D eigenvalue weighted by Crippen LogP contribution is 2.42. The van der Waals surface area contributed by atoms with Crippen LogP contribution in [-0.4, -0.2) is 34.3 Å². The second-order valence-corrected chi connectivity index (χ2v) is 6.79. The first kappa shape index (κ1) is 17.6. The number of rotatable bonds is 5. The molecule has 0 N–H and O–H groups in total. The Balaban J connectivity index is 2.03. The molecule has 1 amide bonds. The lowest BCUT2D eigenvalue weighted by atomic mass is 9.92. The lowest BCUT2D eigenvalue weighted by Crippen LogP contribution is -2.25. The average Bonchev–Trinajstić information content (AvgIpc) is 2.85. The summed E-state index contributed by atoms with van der Waals surface area (Å²) < 4.78 is 17.2. The number of likely N-dealkylation sites (N-methyl/N-ethyl adjacent to an activating group) is 1. The van der Waals surface area contributed by atoms with Crippen molar-refractivity contribution < 1.29 is 19.0 Å². The van der Waals surface area contributed by atoms with Crippen LogP contribution >= 0.6 is 15.9 Å². The van der Waals surface area contributed by atoms with E-state index in [0.717, 1.165) is 21.3 Å². The van der Waals surface area contributed by atoms with Crippen LogP contribution in [0.4, 0.5) is 5.69 Å². The molecule has 6 heteroatoms. The Hall–Kier alpha value is -2.21. The zero-order valence-electron chi connectivity index (χ0n) is 14.6. The molecular weight excluding hydrogens is 386 g/mol. The van der Waals surface area contributed by atoms with Gasteiger partial charge in [-0.3, -0.25) is 4.79 Å². The van der Waals surface area contributed by atoms with Gasteiger partial charge in [0.05, 0.1) is 27.2 Å². The molecule has 0 bridgehead atoms. The molecule has 0 radical (unpaired) electrons. The molecule has 2 aromatic rings. The number of carbonyl (C=O) groups is 1. The standard InChI is InChI=1S/C19H20BrNO4/c1-21-15-6-5-12(20)9-13(15)14(19(21)22)7-11-8-17(24-3)18(25-4)10-16(11)23-2/h5-6,8-10,14H,7H2,1-4H3/t14-/m1/s1. The van der Waals surface area contributed by atoms with Gasteiger partial charge in [-0.25, -0.2) is 0 Å². The van der Waals surface area contributed by atoms with Gasteiger partial charge in [0.25, 0.3) is 0 Å². The van der Waals surface area contributed by atoms with E-state index in [2.05, 4.69) is 15.9 Å². The van der Waals surface area contributed by atoms with Crippen LogP contribution in [0.1, 0.15) is 17.0 Å². The van der Waals surface area contributed by atoms with Gasteiger partial charge in [-0.2, -0.15) is 0 Å². The monoisotopic (exact) mass is 405 g/mol. The van der Waals surface area contributed by atoms with Crippen LogP contribution in [0.5, 0.6) is 17.2 Å². The summed E-state index contributed by atoms with van der Waals surface area (Å²) in [5.74, 6) is 1.71. The lowest BCUT2D eigenvalue weighted by molar-refractivity contribution is -0.119. The van der Waals surface area contributed by atoms with Crippen molar-refractivity contribution in [1.29, 1.82) is 0 Å². The van der Waals surface area contributed by atoms with Gasteiger partial charge in [-0.15, -0.1) is 0 Å². The van der Waals surface area contributed by atoms with Crippen molar-refractivity contribution in [3.05, 3.63) is 45.9 Å². The van der Waals surface area contributed by atoms with Crippen molar-refractivity contribution in [2.24, 2.45) is 0 Å². The molecule has 1 aliphatic rings. The van der Waals surface area contributed by atoms with E-state index >= 15 is 0 Å². The topological polar surface area (TPSA) is 48.0 Å². The van der Waals surface area contributed by atoms with Gasteiger partial charge in [-0.1, -0.05) is 15.9 Å². The maximum atomic E-state index is 12.8. The van der Waals surface area contributed by atoms with Gasteiger partial charge in [0.1, 0.15) is 5.75 Å². The molecule has 25 heavy (non-hydrogen) atoms. The summed E-state index contributed by atoms with van der Waals surface area (Å²) in [6.07, 6.45) is 0.524. The summed E-state index contributed by atoms with van der Waals surface area (Å²) in [6.45, 7) is 0. The molecule has 0 saturated heterocycles. The SMILES string of the molecule is COc1cc(OC)c(OC)cc1C[C@H]1C(=O)N(C)c2ccc(Br)cc21. The minimum absolute atomic E-state index is 0.0740. The molecule has 1 aliphatic heterocycles. The first-order valence-electron chi connectivity index (χ1n) is 7.86. The smallest absolute Gasteiger partial charge is 0.234 e. The highest BCUT2D eigenvalue weighted by atomic mass is 79.9. The van der Waals surface area contributed by atoms with E-state index in [1.807, 2.05) is 24.3 Å². The Morgan fingerprint density at radius 1 is 1.00 bits per heavy atom. The Morgan fingerprint density at radius 2 is 1.64 bits per heavy atom. The number of anilines is 1. The van der Waals surface area contributed by atoms with Crippen LogP contribution in [0.3, 0.4) is 0 Å². The number of carbonyl (C=O) groups excluding carboxylic acids is 1. The molecule has 2 aromatic carbocycles. The number of benzene rings is 2. The van der Waals surface area contributed by atoms with Crippen molar-refractivity contribution in [2.75, 3.05) is 33.3 Å². The minimum Gasteiger partial charge on any atom is -0.496 e.